The molecule has 0 fully saturated rings. The third-order valence-corrected chi connectivity index (χ3v) is 5.94. The fourth-order valence-electron chi connectivity index (χ4n) is 4.02. The topological polar surface area (TPSA) is 87.5 Å². The van der Waals surface area contributed by atoms with E-state index >= 15 is 0 Å². The van der Waals surface area contributed by atoms with Gasteiger partial charge in [-0.2, -0.15) is 13.2 Å². The van der Waals surface area contributed by atoms with E-state index in [0.29, 0.717) is 22.5 Å². The molecule has 0 aliphatic carbocycles. The summed E-state index contributed by atoms with van der Waals surface area (Å²) in [5.74, 6) is -1.97. The van der Waals surface area contributed by atoms with Gasteiger partial charge >= 0.3 is 12.1 Å². The zero-order chi connectivity index (χ0) is 26.3. The van der Waals surface area contributed by atoms with Gasteiger partial charge in [-0.3, -0.25) is 4.99 Å². The maximum atomic E-state index is 14.9. The van der Waals surface area contributed by atoms with Crippen molar-refractivity contribution in [1.82, 2.24) is 9.97 Å². The predicted octanol–water partition coefficient (Wildman–Crippen LogP) is 7.38. The molecule has 2 heterocycles. The van der Waals surface area contributed by atoms with Gasteiger partial charge in [-0.25, -0.2) is 19.2 Å². The Hall–Kier alpha value is -4.31. The van der Waals surface area contributed by atoms with Crippen LogP contribution in [0.25, 0.3) is 11.3 Å². The number of halogens is 5. The molecule has 0 radical (unpaired) electrons. The summed E-state index contributed by atoms with van der Waals surface area (Å²) >= 11 is 6.20. The van der Waals surface area contributed by atoms with E-state index in [4.69, 9.17) is 16.7 Å². The number of aliphatic imine (C=N–C) groups is 1. The highest BCUT2D eigenvalue weighted by Crippen LogP contribution is 2.38. The highest BCUT2D eigenvalue weighted by molar-refractivity contribution is 6.31. The number of nitrogens with one attached hydrogen (secondary N) is 1. The first-order valence-electron chi connectivity index (χ1n) is 10.8. The van der Waals surface area contributed by atoms with Crippen LogP contribution in [-0.2, 0) is 12.7 Å². The summed E-state index contributed by atoms with van der Waals surface area (Å²) < 4.78 is 56.4. The fraction of sp³-hybridized carbons (Fsp3) is 0.111. The molecule has 2 N–H and O–H groups in total. The Labute approximate surface area is 219 Å². The standard InChI is InChI=1S/C26H15ClF4N4O2.CH4/c27-15-6-9-17-18(10-15)23(21-19(26(29,30)31)2-1-3-20(21)28)32-11-14-12-33-25(35-22(14)17)34-16-7-4-13(5-8-16)24(36)37;/h1-10,12H,11H2,(H,36,37)(H,33,34,35);1H4. The average Bonchev–Trinajstić information content (AvgIpc) is 3.00. The minimum absolute atomic E-state index is 0. The zero-order valence-corrected chi connectivity index (χ0v) is 19.4. The summed E-state index contributed by atoms with van der Waals surface area (Å²) in [5.41, 5.74) is 0.0988. The van der Waals surface area contributed by atoms with Gasteiger partial charge in [-0.05, 0) is 48.5 Å². The van der Waals surface area contributed by atoms with Crippen molar-refractivity contribution in [2.24, 2.45) is 4.99 Å². The molecule has 3 aromatic carbocycles. The third-order valence-electron chi connectivity index (χ3n) is 5.71. The first-order chi connectivity index (χ1) is 17.6. The van der Waals surface area contributed by atoms with Gasteiger partial charge in [0.1, 0.15) is 5.82 Å². The number of fused-ring (bicyclic) bond motifs is 3. The van der Waals surface area contributed by atoms with Crippen molar-refractivity contribution >= 4 is 34.9 Å². The number of hydrogen-bond acceptors (Lipinski definition) is 5. The minimum atomic E-state index is -4.81. The Balaban J connectivity index is 0.00000336. The van der Waals surface area contributed by atoms with E-state index in [2.05, 4.69) is 20.3 Å². The molecule has 0 saturated heterocycles. The molecule has 1 aromatic heterocycles. The van der Waals surface area contributed by atoms with Crippen molar-refractivity contribution in [3.63, 3.8) is 0 Å². The number of aromatic nitrogens is 2. The van der Waals surface area contributed by atoms with Crippen LogP contribution in [0.3, 0.4) is 0 Å². The monoisotopic (exact) mass is 542 g/mol. The molecule has 6 nitrogen and oxygen atoms in total. The van der Waals surface area contributed by atoms with Crippen LogP contribution in [-0.4, -0.2) is 26.8 Å². The molecule has 1 aliphatic rings. The van der Waals surface area contributed by atoms with E-state index in [0.717, 1.165) is 18.2 Å². The third kappa shape index (κ3) is 5.08. The summed E-state index contributed by atoms with van der Waals surface area (Å²) in [6.45, 7) is -0.101. The molecule has 11 heteroatoms. The molecular weight excluding hydrogens is 524 g/mol. The second-order valence-electron chi connectivity index (χ2n) is 8.09. The summed E-state index contributed by atoms with van der Waals surface area (Å²) in [7, 11) is 0. The van der Waals surface area contributed by atoms with E-state index in [1.807, 2.05) is 0 Å². The quantitative estimate of drug-likeness (QED) is 0.263. The van der Waals surface area contributed by atoms with E-state index in [9.17, 15) is 22.4 Å². The summed E-state index contributed by atoms with van der Waals surface area (Å²) in [4.78, 5) is 24.2. The Morgan fingerprint density at radius 3 is 2.45 bits per heavy atom. The van der Waals surface area contributed by atoms with Gasteiger partial charge < -0.3 is 10.4 Å². The van der Waals surface area contributed by atoms with Crippen LogP contribution in [0.5, 0.6) is 0 Å². The molecule has 38 heavy (non-hydrogen) atoms. The first kappa shape index (κ1) is 26.7. The first-order valence-corrected chi connectivity index (χ1v) is 11.2. The molecular formula is C27H19ClF4N4O2. The van der Waals surface area contributed by atoms with Crippen LogP contribution in [0.2, 0.25) is 5.02 Å². The number of carboxylic acids is 1. The number of anilines is 2. The lowest BCUT2D eigenvalue weighted by Crippen LogP contribution is -2.17. The van der Waals surface area contributed by atoms with Gasteiger partial charge in [0.2, 0.25) is 5.95 Å². The Bertz CT molecular complexity index is 1570. The number of rotatable bonds is 4. The van der Waals surface area contributed by atoms with Crippen LogP contribution in [0, 0.1) is 5.82 Å². The molecule has 0 bridgehead atoms. The number of aromatic carboxylic acids is 1. The summed E-state index contributed by atoms with van der Waals surface area (Å²) in [5, 5.41) is 12.3. The van der Waals surface area contributed by atoms with E-state index < -0.39 is 29.1 Å². The number of nitrogens with zero attached hydrogens (tertiary/aromatic N) is 3. The van der Waals surface area contributed by atoms with E-state index in [1.165, 1.54) is 24.4 Å². The molecule has 0 spiro atoms. The molecule has 5 rings (SSSR count). The Kier molecular flexibility index (Phi) is 7.19. The maximum Gasteiger partial charge on any atom is 0.417 e. The largest absolute Gasteiger partial charge is 0.478 e. The van der Waals surface area contributed by atoms with Gasteiger partial charge in [0.25, 0.3) is 0 Å². The molecule has 194 valence electrons. The van der Waals surface area contributed by atoms with Crippen molar-refractivity contribution in [2.75, 3.05) is 5.32 Å². The van der Waals surface area contributed by atoms with E-state index in [1.54, 1.807) is 24.3 Å². The second kappa shape index (κ2) is 10.2. The maximum absolute atomic E-state index is 14.9. The van der Waals surface area contributed by atoms with Crippen molar-refractivity contribution in [2.45, 2.75) is 20.1 Å². The van der Waals surface area contributed by atoms with Crippen LogP contribution in [0.15, 0.2) is 71.9 Å². The van der Waals surface area contributed by atoms with Gasteiger partial charge in [-0.1, -0.05) is 31.2 Å². The number of benzene rings is 3. The van der Waals surface area contributed by atoms with Gasteiger partial charge in [0.15, 0.2) is 0 Å². The van der Waals surface area contributed by atoms with Crippen molar-refractivity contribution < 1.29 is 27.5 Å². The average molecular weight is 543 g/mol. The second-order valence-corrected chi connectivity index (χ2v) is 8.53. The Morgan fingerprint density at radius 2 is 1.76 bits per heavy atom. The normalized spacial score (nSPS) is 12.4. The summed E-state index contributed by atoms with van der Waals surface area (Å²) in [6.07, 6.45) is -3.34. The number of hydrogen-bond donors (Lipinski definition) is 2. The molecule has 4 aromatic rings. The van der Waals surface area contributed by atoms with Gasteiger partial charge in [0, 0.05) is 39.2 Å². The molecule has 0 atom stereocenters. The minimum Gasteiger partial charge on any atom is -0.478 e. The molecule has 0 amide bonds. The Morgan fingerprint density at radius 1 is 1.03 bits per heavy atom. The van der Waals surface area contributed by atoms with Crippen LogP contribution < -0.4 is 5.32 Å². The zero-order valence-electron chi connectivity index (χ0n) is 18.6. The lowest BCUT2D eigenvalue weighted by molar-refractivity contribution is -0.137. The smallest absolute Gasteiger partial charge is 0.417 e. The fourth-order valence-corrected chi connectivity index (χ4v) is 4.20. The van der Waals surface area contributed by atoms with Crippen LogP contribution in [0.1, 0.15) is 40.0 Å². The SMILES string of the molecule is C.O=C(O)c1ccc(Nc2ncc3c(n2)-c2ccc(Cl)cc2C(c2c(F)cccc2C(F)(F)F)=NC3)cc1. The van der Waals surface area contributed by atoms with Crippen molar-refractivity contribution in [3.8, 4) is 11.3 Å². The van der Waals surface area contributed by atoms with E-state index in [-0.39, 0.29) is 41.8 Å². The highest BCUT2D eigenvalue weighted by Gasteiger charge is 2.37. The van der Waals surface area contributed by atoms with Crippen LogP contribution >= 0.6 is 11.6 Å². The number of carbonyl (C=O) groups is 1. The molecule has 0 saturated carbocycles. The lowest BCUT2D eigenvalue weighted by Gasteiger charge is -2.17. The number of carboxylic acid groups (broad SMARTS) is 1. The highest BCUT2D eigenvalue weighted by atomic mass is 35.5. The van der Waals surface area contributed by atoms with Gasteiger partial charge in [-0.15, -0.1) is 0 Å². The number of alkyl halides is 3. The van der Waals surface area contributed by atoms with Crippen molar-refractivity contribution in [1.29, 1.82) is 0 Å². The van der Waals surface area contributed by atoms with Crippen LogP contribution in [0.4, 0.5) is 29.2 Å². The molecule has 0 unspecified atom stereocenters. The lowest BCUT2D eigenvalue weighted by atomic mass is 9.92. The summed E-state index contributed by atoms with van der Waals surface area (Å²) in [6, 6.07) is 13.2. The molecule has 1 aliphatic heterocycles. The predicted molar refractivity (Wildman–Crippen MR) is 137 cm³/mol. The van der Waals surface area contributed by atoms with Gasteiger partial charge in [0.05, 0.1) is 29.1 Å². The van der Waals surface area contributed by atoms with Crippen molar-refractivity contribution in [3.05, 3.63) is 106 Å².